The van der Waals surface area contributed by atoms with Crippen molar-refractivity contribution in [3.05, 3.63) is 53.4 Å². The summed E-state index contributed by atoms with van der Waals surface area (Å²) in [7, 11) is 0. The summed E-state index contributed by atoms with van der Waals surface area (Å²) >= 11 is 0. The third-order valence-electron chi connectivity index (χ3n) is 4.90. The lowest BCUT2D eigenvalue weighted by Gasteiger charge is -2.18. The summed E-state index contributed by atoms with van der Waals surface area (Å²) in [4.78, 5) is 10.7. The third kappa shape index (κ3) is 4.98. The van der Waals surface area contributed by atoms with Crippen LogP contribution in [0.4, 0.5) is 4.39 Å². The Balaban J connectivity index is 2.03. The first-order valence-corrected chi connectivity index (χ1v) is 9.74. The van der Waals surface area contributed by atoms with Crippen molar-refractivity contribution in [2.75, 3.05) is 6.79 Å². The molecule has 2 atom stereocenters. The number of carboxylic acid groups (broad SMARTS) is 1. The minimum atomic E-state index is -1.15. The van der Waals surface area contributed by atoms with E-state index in [0.717, 1.165) is 22.3 Å². The fourth-order valence-corrected chi connectivity index (χ4v) is 3.49. The maximum Gasteiger partial charge on any atom is 0.305 e. The SMILES string of the molecule is CC(C)c1cc2c(c(-c3ccc(F)cc3)c1/C=C/C(O)CC(O)CC(=O)O)OCO2. The molecule has 1 aliphatic heterocycles. The summed E-state index contributed by atoms with van der Waals surface area (Å²) in [5.74, 6) is -0.214. The highest BCUT2D eigenvalue weighted by Gasteiger charge is 2.25. The number of aliphatic carboxylic acids is 1. The molecule has 160 valence electrons. The molecule has 2 unspecified atom stereocenters. The lowest BCUT2D eigenvalue weighted by molar-refractivity contribution is -0.139. The number of benzene rings is 2. The molecule has 30 heavy (non-hydrogen) atoms. The average Bonchev–Trinajstić information content (AvgIpc) is 3.13. The van der Waals surface area contributed by atoms with Crippen molar-refractivity contribution in [3.8, 4) is 22.6 Å². The molecule has 0 bridgehead atoms. The predicted octanol–water partition coefficient (Wildman–Crippen LogP) is 3.94. The molecule has 6 nitrogen and oxygen atoms in total. The van der Waals surface area contributed by atoms with Gasteiger partial charge in [0.1, 0.15) is 5.82 Å². The number of rotatable bonds is 8. The van der Waals surface area contributed by atoms with E-state index in [0.29, 0.717) is 11.5 Å². The zero-order valence-corrected chi connectivity index (χ0v) is 16.8. The molecule has 0 fully saturated rings. The van der Waals surface area contributed by atoms with Crippen molar-refractivity contribution >= 4 is 12.0 Å². The van der Waals surface area contributed by atoms with Crippen LogP contribution in [0.2, 0.25) is 0 Å². The first kappa shape index (κ1) is 21.8. The van der Waals surface area contributed by atoms with Crippen LogP contribution in [0.25, 0.3) is 17.2 Å². The minimum Gasteiger partial charge on any atom is -0.481 e. The van der Waals surface area contributed by atoms with Crippen LogP contribution >= 0.6 is 0 Å². The maximum absolute atomic E-state index is 13.5. The van der Waals surface area contributed by atoms with Gasteiger partial charge >= 0.3 is 5.97 Å². The van der Waals surface area contributed by atoms with Crippen LogP contribution in [0.15, 0.2) is 36.4 Å². The van der Waals surface area contributed by atoms with Crippen molar-refractivity contribution in [2.24, 2.45) is 0 Å². The number of aliphatic hydroxyl groups excluding tert-OH is 2. The fraction of sp³-hybridized carbons (Fsp3) is 0.348. The Morgan fingerprint density at radius 3 is 2.53 bits per heavy atom. The Kier molecular flexibility index (Phi) is 6.74. The van der Waals surface area contributed by atoms with E-state index < -0.39 is 24.6 Å². The fourth-order valence-electron chi connectivity index (χ4n) is 3.49. The Bertz CT molecular complexity index is 936. The van der Waals surface area contributed by atoms with Crippen LogP contribution in [-0.2, 0) is 4.79 Å². The predicted molar refractivity (Wildman–Crippen MR) is 110 cm³/mol. The molecule has 0 radical (unpaired) electrons. The zero-order valence-electron chi connectivity index (χ0n) is 16.8. The van der Waals surface area contributed by atoms with Gasteiger partial charge in [-0.1, -0.05) is 38.1 Å². The van der Waals surface area contributed by atoms with E-state index in [1.54, 1.807) is 18.2 Å². The molecule has 1 aliphatic rings. The molecule has 2 aromatic rings. The Hall–Kier alpha value is -2.90. The normalized spacial score (nSPS) is 15.0. The highest BCUT2D eigenvalue weighted by atomic mass is 19.1. The zero-order chi connectivity index (χ0) is 21.8. The summed E-state index contributed by atoms with van der Waals surface area (Å²) in [6.45, 7) is 4.13. The van der Waals surface area contributed by atoms with Gasteiger partial charge in [-0.05, 0) is 40.8 Å². The number of hydrogen-bond donors (Lipinski definition) is 3. The molecule has 0 aromatic heterocycles. The molecule has 3 N–H and O–H groups in total. The Morgan fingerprint density at radius 2 is 1.90 bits per heavy atom. The molecule has 0 saturated heterocycles. The van der Waals surface area contributed by atoms with Gasteiger partial charge in [0, 0.05) is 12.0 Å². The standard InChI is InChI=1S/C23H25FO6/c1-13(2)19-11-20-23(30-12-29-20)22(14-3-5-15(24)6-4-14)18(19)8-7-16(25)9-17(26)10-21(27)28/h3-8,11,13,16-17,25-26H,9-10,12H2,1-2H3,(H,27,28)/b8-7+. The quantitative estimate of drug-likeness (QED) is 0.603. The maximum atomic E-state index is 13.5. The van der Waals surface area contributed by atoms with Crippen molar-refractivity contribution < 1.29 is 34.0 Å². The van der Waals surface area contributed by atoms with E-state index >= 15 is 0 Å². The number of carbonyl (C=O) groups is 1. The monoisotopic (exact) mass is 416 g/mol. The van der Waals surface area contributed by atoms with E-state index in [9.17, 15) is 19.4 Å². The van der Waals surface area contributed by atoms with E-state index in [-0.39, 0.29) is 24.9 Å². The largest absolute Gasteiger partial charge is 0.481 e. The summed E-state index contributed by atoms with van der Waals surface area (Å²) in [5, 5.41) is 28.8. The molecule has 1 heterocycles. The van der Waals surface area contributed by atoms with Crippen molar-refractivity contribution in [1.29, 1.82) is 0 Å². The molecule has 3 rings (SSSR count). The van der Waals surface area contributed by atoms with E-state index in [2.05, 4.69) is 0 Å². The lowest BCUT2D eigenvalue weighted by Crippen LogP contribution is -2.19. The van der Waals surface area contributed by atoms with Crippen LogP contribution in [0.5, 0.6) is 11.5 Å². The Morgan fingerprint density at radius 1 is 1.20 bits per heavy atom. The molecule has 0 spiro atoms. The number of hydrogen-bond acceptors (Lipinski definition) is 5. The van der Waals surface area contributed by atoms with Gasteiger partial charge in [-0.3, -0.25) is 4.79 Å². The average molecular weight is 416 g/mol. The smallest absolute Gasteiger partial charge is 0.305 e. The van der Waals surface area contributed by atoms with E-state index in [1.165, 1.54) is 18.2 Å². The van der Waals surface area contributed by atoms with E-state index in [1.807, 2.05) is 19.9 Å². The summed E-state index contributed by atoms with van der Waals surface area (Å²) in [6, 6.07) is 7.93. The molecule has 0 aliphatic carbocycles. The first-order chi connectivity index (χ1) is 14.3. The molecule has 0 amide bonds. The minimum absolute atomic E-state index is 0.0816. The molecular weight excluding hydrogens is 391 g/mol. The second kappa shape index (κ2) is 9.28. The van der Waals surface area contributed by atoms with Gasteiger partial charge in [-0.2, -0.15) is 0 Å². The van der Waals surface area contributed by atoms with Crippen molar-refractivity contribution in [3.63, 3.8) is 0 Å². The molecule has 2 aromatic carbocycles. The van der Waals surface area contributed by atoms with Crippen molar-refractivity contribution in [1.82, 2.24) is 0 Å². The molecule has 0 saturated carbocycles. The summed E-state index contributed by atoms with van der Waals surface area (Å²) < 4.78 is 24.8. The first-order valence-electron chi connectivity index (χ1n) is 9.74. The van der Waals surface area contributed by atoms with E-state index in [4.69, 9.17) is 14.6 Å². The van der Waals surface area contributed by atoms with Gasteiger partial charge < -0.3 is 24.8 Å². The highest BCUT2D eigenvalue weighted by Crippen LogP contribution is 2.47. The molecular formula is C23H25FO6. The third-order valence-corrected chi connectivity index (χ3v) is 4.90. The highest BCUT2D eigenvalue weighted by molar-refractivity contribution is 5.85. The van der Waals surface area contributed by atoms with Gasteiger partial charge in [0.05, 0.1) is 18.6 Å². The summed E-state index contributed by atoms with van der Waals surface area (Å²) in [5.41, 5.74) is 3.20. The van der Waals surface area contributed by atoms with Crippen molar-refractivity contribution in [2.45, 2.75) is 44.8 Å². The Labute approximate surface area is 174 Å². The summed E-state index contributed by atoms with van der Waals surface area (Å²) in [6.07, 6.45) is 0.518. The van der Waals surface area contributed by atoms with Gasteiger partial charge in [-0.15, -0.1) is 0 Å². The second-order valence-corrected chi connectivity index (χ2v) is 7.56. The van der Waals surface area contributed by atoms with Gasteiger partial charge in [0.15, 0.2) is 11.5 Å². The van der Waals surface area contributed by atoms with Crippen LogP contribution in [0.3, 0.4) is 0 Å². The van der Waals surface area contributed by atoms with Gasteiger partial charge in [-0.25, -0.2) is 4.39 Å². The topological polar surface area (TPSA) is 96.2 Å². The van der Waals surface area contributed by atoms with Gasteiger partial charge in [0.2, 0.25) is 6.79 Å². The molecule has 7 heteroatoms. The number of carboxylic acids is 1. The van der Waals surface area contributed by atoms with Crippen LogP contribution in [0.1, 0.15) is 43.7 Å². The second-order valence-electron chi connectivity index (χ2n) is 7.56. The van der Waals surface area contributed by atoms with Crippen LogP contribution < -0.4 is 9.47 Å². The number of aliphatic hydroxyl groups is 2. The lowest BCUT2D eigenvalue weighted by atomic mass is 9.88. The number of fused-ring (bicyclic) bond motifs is 1. The number of halogens is 1. The van der Waals surface area contributed by atoms with Crippen LogP contribution in [0, 0.1) is 5.82 Å². The number of ether oxygens (including phenoxy) is 2. The van der Waals surface area contributed by atoms with Gasteiger partial charge in [0.25, 0.3) is 0 Å². The van der Waals surface area contributed by atoms with Crippen LogP contribution in [-0.4, -0.2) is 40.3 Å².